The highest BCUT2D eigenvalue weighted by Gasteiger charge is 2.36. The van der Waals surface area contributed by atoms with Crippen LogP contribution < -0.4 is 5.73 Å². The Hall–Kier alpha value is -1.10. The second-order valence-electron chi connectivity index (χ2n) is 5.17. The summed E-state index contributed by atoms with van der Waals surface area (Å²) in [7, 11) is 0. The largest absolute Gasteiger partial charge is 0.341 e. The van der Waals surface area contributed by atoms with Crippen molar-refractivity contribution in [2.75, 3.05) is 26.2 Å². The summed E-state index contributed by atoms with van der Waals surface area (Å²) < 4.78 is 0. The monoisotopic (exact) mass is 253 g/mol. The van der Waals surface area contributed by atoms with Gasteiger partial charge in [-0.2, -0.15) is 0 Å². The number of nitrogens with two attached hydrogens (primary N) is 1. The third kappa shape index (κ3) is 2.83. The summed E-state index contributed by atoms with van der Waals surface area (Å²) in [5, 5.41) is 0. The van der Waals surface area contributed by atoms with Crippen molar-refractivity contribution in [2.24, 2.45) is 5.73 Å². The van der Waals surface area contributed by atoms with Crippen LogP contribution in [0, 0.1) is 0 Å². The molecule has 0 bridgehead atoms. The molecule has 2 heterocycles. The molecular weight excluding hydrogens is 230 g/mol. The molecule has 5 heteroatoms. The number of carbonyl (C=O) groups is 2. The molecule has 102 valence electrons. The number of carbonyl (C=O) groups excluding carboxylic acids is 2. The average Bonchev–Trinajstić information content (AvgIpc) is 3.04. The standard InChI is InChI=1S/C13H23N3O2/c14-7-3-6-12(17)16-10-4-5-11(16)13(18)15-8-1-2-9-15/h11H,1-10,14H2/t11-/m1/s1. The first-order chi connectivity index (χ1) is 8.74. The fraction of sp³-hybridized carbons (Fsp3) is 0.846. The van der Waals surface area contributed by atoms with Gasteiger partial charge in [-0.05, 0) is 38.6 Å². The van der Waals surface area contributed by atoms with Crippen molar-refractivity contribution in [3.8, 4) is 0 Å². The lowest BCUT2D eigenvalue weighted by Gasteiger charge is -2.27. The molecule has 2 fully saturated rings. The van der Waals surface area contributed by atoms with Crippen molar-refractivity contribution in [1.29, 1.82) is 0 Å². The molecule has 0 aromatic carbocycles. The van der Waals surface area contributed by atoms with E-state index in [0.717, 1.165) is 45.3 Å². The first-order valence-electron chi connectivity index (χ1n) is 7.02. The zero-order valence-electron chi connectivity index (χ0n) is 10.9. The van der Waals surface area contributed by atoms with Crippen LogP contribution in [-0.2, 0) is 9.59 Å². The fourth-order valence-electron chi connectivity index (χ4n) is 2.87. The Morgan fingerprint density at radius 2 is 1.83 bits per heavy atom. The summed E-state index contributed by atoms with van der Waals surface area (Å²) in [6.07, 6.45) is 5.14. The highest BCUT2D eigenvalue weighted by Crippen LogP contribution is 2.22. The lowest BCUT2D eigenvalue weighted by Crippen LogP contribution is -2.47. The maximum absolute atomic E-state index is 12.3. The van der Waals surface area contributed by atoms with E-state index in [-0.39, 0.29) is 17.9 Å². The van der Waals surface area contributed by atoms with Gasteiger partial charge in [-0.15, -0.1) is 0 Å². The van der Waals surface area contributed by atoms with Crippen LogP contribution in [0.5, 0.6) is 0 Å². The van der Waals surface area contributed by atoms with Gasteiger partial charge >= 0.3 is 0 Å². The highest BCUT2D eigenvalue weighted by molar-refractivity contribution is 5.88. The first kappa shape index (κ1) is 13.3. The van der Waals surface area contributed by atoms with Crippen molar-refractivity contribution >= 4 is 11.8 Å². The molecule has 0 aliphatic carbocycles. The molecule has 2 aliphatic rings. The van der Waals surface area contributed by atoms with E-state index < -0.39 is 0 Å². The maximum Gasteiger partial charge on any atom is 0.245 e. The van der Waals surface area contributed by atoms with Gasteiger partial charge < -0.3 is 15.5 Å². The quantitative estimate of drug-likeness (QED) is 0.785. The number of rotatable bonds is 4. The van der Waals surface area contributed by atoms with Gasteiger partial charge in [0.15, 0.2) is 0 Å². The van der Waals surface area contributed by atoms with Crippen LogP contribution in [0.2, 0.25) is 0 Å². The van der Waals surface area contributed by atoms with Crippen LogP contribution in [-0.4, -0.2) is 53.8 Å². The van der Waals surface area contributed by atoms with Crippen molar-refractivity contribution < 1.29 is 9.59 Å². The SMILES string of the molecule is NCCCC(=O)N1CCC[C@@H]1C(=O)N1CCCC1. The van der Waals surface area contributed by atoms with Crippen molar-refractivity contribution in [2.45, 2.75) is 44.6 Å². The van der Waals surface area contributed by atoms with Crippen LogP contribution in [0.1, 0.15) is 38.5 Å². The van der Waals surface area contributed by atoms with Gasteiger partial charge in [-0.3, -0.25) is 9.59 Å². The zero-order chi connectivity index (χ0) is 13.0. The van der Waals surface area contributed by atoms with E-state index in [1.165, 1.54) is 0 Å². The molecule has 2 amide bonds. The minimum absolute atomic E-state index is 0.0931. The number of likely N-dealkylation sites (tertiary alicyclic amines) is 2. The van der Waals surface area contributed by atoms with E-state index in [1.54, 1.807) is 4.90 Å². The third-order valence-corrected chi connectivity index (χ3v) is 3.87. The Morgan fingerprint density at radius 1 is 1.11 bits per heavy atom. The zero-order valence-corrected chi connectivity index (χ0v) is 10.9. The van der Waals surface area contributed by atoms with Gasteiger partial charge in [-0.25, -0.2) is 0 Å². The summed E-state index contributed by atoms with van der Waals surface area (Å²) in [6, 6.07) is -0.201. The molecule has 0 radical (unpaired) electrons. The van der Waals surface area contributed by atoms with Crippen LogP contribution in [0.25, 0.3) is 0 Å². The Labute approximate surface area is 108 Å². The van der Waals surface area contributed by atoms with Gasteiger partial charge in [0, 0.05) is 26.1 Å². The summed E-state index contributed by atoms with van der Waals surface area (Å²) in [5.74, 6) is 0.251. The Balaban J connectivity index is 1.93. The van der Waals surface area contributed by atoms with E-state index in [4.69, 9.17) is 5.73 Å². The summed E-state index contributed by atoms with van der Waals surface area (Å²) in [6.45, 7) is 2.98. The molecule has 18 heavy (non-hydrogen) atoms. The number of hydrogen-bond acceptors (Lipinski definition) is 3. The van der Waals surface area contributed by atoms with Crippen molar-refractivity contribution in [1.82, 2.24) is 9.80 Å². The summed E-state index contributed by atoms with van der Waals surface area (Å²) in [5.41, 5.74) is 5.42. The number of amides is 2. The Morgan fingerprint density at radius 3 is 2.50 bits per heavy atom. The van der Waals surface area contributed by atoms with Crippen LogP contribution in [0.15, 0.2) is 0 Å². The normalized spacial score (nSPS) is 23.7. The average molecular weight is 253 g/mol. The Bertz CT molecular complexity index is 313. The lowest BCUT2D eigenvalue weighted by atomic mass is 10.2. The topological polar surface area (TPSA) is 66.6 Å². The molecule has 2 rings (SSSR count). The fourth-order valence-corrected chi connectivity index (χ4v) is 2.87. The van der Waals surface area contributed by atoms with Gasteiger partial charge in [0.25, 0.3) is 0 Å². The first-order valence-corrected chi connectivity index (χ1v) is 7.02. The maximum atomic E-state index is 12.3. The van der Waals surface area contributed by atoms with E-state index in [0.29, 0.717) is 19.4 Å². The van der Waals surface area contributed by atoms with Crippen LogP contribution in [0.3, 0.4) is 0 Å². The number of nitrogens with zero attached hydrogens (tertiary/aromatic N) is 2. The summed E-state index contributed by atoms with van der Waals surface area (Å²) >= 11 is 0. The van der Waals surface area contributed by atoms with E-state index in [9.17, 15) is 9.59 Å². The highest BCUT2D eigenvalue weighted by atomic mass is 16.2. The minimum atomic E-state index is -0.201. The van der Waals surface area contributed by atoms with Gasteiger partial charge in [-0.1, -0.05) is 0 Å². The van der Waals surface area contributed by atoms with Crippen molar-refractivity contribution in [3.05, 3.63) is 0 Å². The molecule has 2 N–H and O–H groups in total. The molecule has 0 spiro atoms. The molecule has 0 unspecified atom stereocenters. The van der Waals surface area contributed by atoms with E-state index in [1.807, 2.05) is 4.90 Å². The lowest BCUT2D eigenvalue weighted by molar-refractivity contribution is -0.143. The molecule has 2 aliphatic heterocycles. The molecule has 5 nitrogen and oxygen atoms in total. The van der Waals surface area contributed by atoms with Gasteiger partial charge in [0.05, 0.1) is 0 Å². The second-order valence-corrected chi connectivity index (χ2v) is 5.17. The molecular formula is C13H23N3O2. The predicted octanol–water partition coefficient (Wildman–Crippen LogP) is 0.339. The van der Waals surface area contributed by atoms with Crippen LogP contribution in [0.4, 0.5) is 0 Å². The molecule has 0 aromatic rings. The minimum Gasteiger partial charge on any atom is -0.341 e. The molecule has 0 saturated carbocycles. The molecule has 0 aromatic heterocycles. The smallest absolute Gasteiger partial charge is 0.245 e. The van der Waals surface area contributed by atoms with Gasteiger partial charge in [0.2, 0.25) is 11.8 Å². The third-order valence-electron chi connectivity index (χ3n) is 3.87. The molecule has 2 saturated heterocycles. The number of hydrogen-bond donors (Lipinski definition) is 1. The van der Waals surface area contributed by atoms with E-state index >= 15 is 0 Å². The summed E-state index contributed by atoms with van der Waals surface area (Å²) in [4.78, 5) is 28.1. The second kappa shape index (κ2) is 6.18. The predicted molar refractivity (Wildman–Crippen MR) is 68.8 cm³/mol. The van der Waals surface area contributed by atoms with Crippen LogP contribution >= 0.6 is 0 Å². The van der Waals surface area contributed by atoms with Crippen molar-refractivity contribution in [3.63, 3.8) is 0 Å². The molecule has 1 atom stereocenters. The van der Waals surface area contributed by atoms with Gasteiger partial charge in [0.1, 0.15) is 6.04 Å². The Kier molecular flexibility index (Phi) is 4.58. The van der Waals surface area contributed by atoms with E-state index in [2.05, 4.69) is 0 Å².